The third kappa shape index (κ3) is 2.12. The second-order valence-electron chi connectivity index (χ2n) is 4.13. The summed E-state index contributed by atoms with van der Waals surface area (Å²) in [5.74, 6) is 0.590. The predicted molar refractivity (Wildman–Crippen MR) is 66.9 cm³/mol. The molecule has 1 aliphatic rings. The van der Waals surface area contributed by atoms with Gasteiger partial charge in [-0.05, 0) is 36.7 Å². The van der Waals surface area contributed by atoms with Gasteiger partial charge in [0.2, 0.25) is 0 Å². The summed E-state index contributed by atoms with van der Waals surface area (Å²) in [4.78, 5) is 2.09. The van der Waals surface area contributed by atoms with Gasteiger partial charge in [-0.15, -0.1) is 0 Å². The highest BCUT2D eigenvalue weighted by molar-refractivity contribution is 7.80. The molecule has 2 N–H and O–H groups in total. The normalized spacial score (nSPS) is 20.6. The molecule has 0 radical (unpaired) electrons. The van der Waals surface area contributed by atoms with Crippen LogP contribution in [0.4, 0.5) is 0 Å². The molecule has 80 valence electrons. The SMILES string of the molecule is Cc1ccccc1[C@@H]1CCN(C(N)=S)C1. The van der Waals surface area contributed by atoms with E-state index < -0.39 is 0 Å². The smallest absolute Gasteiger partial charge is 0.166 e. The first-order chi connectivity index (χ1) is 7.18. The minimum absolute atomic E-state index is 0.533. The van der Waals surface area contributed by atoms with Gasteiger partial charge in [0.1, 0.15) is 0 Å². The zero-order chi connectivity index (χ0) is 10.8. The van der Waals surface area contributed by atoms with Gasteiger partial charge in [-0.25, -0.2) is 0 Å². The van der Waals surface area contributed by atoms with Crippen molar-refractivity contribution in [1.82, 2.24) is 4.90 Å². The number of likely N-dealkylation sites (tertiary alicyclic amines) is 1. The minimum atomic E-state index is 0.533. The van der Waals surface area contributed by atoms with Crippen LogP contribution >= 0.6 is 12.2 Å². The summed E-state index contributed by atoms with van der Waals surface area (Å²) in [6.07, 6.45) is 1.15. The number of rotatable bonds is 1. The topological polar surface area (TPSA) is 29.3 Å². The summed E-state index contributed by atoms with van der Waals surface area (Å²) in [6, 6.07) is 8.56. The maximum absolute atomic E-state index is 5.63. The van der Waals surface area contributed by atoms with E-state index in [-0.39, 0.29) is 0 Å². The van der Waals surface area contributed by atoms with Crippen LogP contribution < -0.4 is 5.73 Å². The van der Waals surface area contributed by atoms with Crippen molar-refractivity contribution in [2.45, 2.75) is 19.3 Å². The van der Waals surface area contributed by atoms with Crippen LogP contribution in [0.15, 0.2) is 24.3 Å². The Morgan fingerprint density at radius 2 is 2.20 bits per heavy atom. The molecule has 1 saturated heterocycles. The average molecular weight is 220 g/mol. The van der Waals surface area contributed by atoms with Gasteiger partial charge < -0.3 is 10.6 Å². The number of benzene rings is 1. The second kappa shape index (κ2) is 4.19. The van der Waals surface area contributed by atoms with Crippen LogP contribution in [0.1, 0.15) is 23.5 Å². The molecule has 1 heterocycles. The van der Waals surface area contributed by atoms with Crippen molar-refractivity contribution >= 4 is 17.3 Å². The average Bonchev–Trinajstić information content (AvgIpc) is 2.67. The first-order valence-corrected chi connectivity index (χ1v) is 5.69. The van der Waals surface area contributed by atoms with Crippen molar-refractivity contribution in [2.75, 3.05) is 13.1 Å². The molecule has 0 saturated carbocycles. The van der Waals surface area contributed by atoms with E-state index in [2.05, 4.69) is 36.1 Å². The molecule has 1 aliphatic heterocycles. The number of nitrogens with zero attached hydrogens (tertiary/aromatic N) is 1. The maximum Gasteiger partial charge on any atom is 0.166 e. The standard InChI is InChI=1S/C12H16N2S/c1-9-4-2-3-5-11(9)10-6-7-14(8-10)12(13)15/h2-5,10H,6-8H2,1H3,(H2,13,15)/t10-/m1/s1. The van der Waals surface area contributed by atoms with E-state index in [1.807, 2.05) is 0 Å². The molecule has 0 amide bonds. The fraction of sp³-hybridized carbons (Fsp3) is 0.417. The number of aryl methyl sites for hydroxylation is 1. The van der Waals surface area contributed by atoms with E-state index in [0.717, 1.165) is 19.5 Å². The van der Waals surface area contributed by atoms with Crippen LogP contribution in [-0.2, 0) is 0 Å². The highest BCUT2D eigenvalue weighted by Gasteiger charge is 2.25. The van der Waals surface area contributed by atoms with E-state index in [1.54, 1.807) is 0 Å². The van der Waals surface area contributed by atoms with Crippen molar-refractivity contribution in [3.63, 3.8) is 0 Å². The van der Waals surface area contributed by atoms with Crippen LogP contribution in [0.3, 0.4) is 0 Å². The van der Waals surface area contributed by atoms with E-state index in [1.165, 1.54) is 11.1 Å². The fourth-order valence-corrected chi connectivity index (χ4v) is 2.42. The Labute approximate surface area is 96.1 Å². The first kappa shape index (κ1) is 10.4. The molecule has 0 bridgehead atoms. The predicted octanol–water partition coefficient (Wildman–Crippen LogP) is 2.03. The molecule has 15 heavy (non-hydrogen) atoms. The summed E-state index contributed by atoms with van der Waals surface area (Å²) < 4.78 is 0. The van der Waals surface area contributed by atoms with Crippen LogP contribution in [0, 0.1) is 6.92 Å². The largest absolute Gasteiger partial charge is 0.376 e. The van der Waals surface area contributed by atoms with Crippen molar-refractivity contribution < 1.29 is 0 Å². The van der Waals surface area contributed by atoms with Gasteiger partial charge in [-0.2, -0.15) is 0 Å². The van der Waals surface area contributed by atoms with Crippen LogP contribution in [0.2, 0.25) is 0 Å². The third-order valence-corrected chi connectivity index (χ3v) is 3.39. The Kier molecular flexibility index (Phi) is 2.91. The van der Waals surface area contributed by atoms with E-state index >= 15 is 0 Å². The molecule has 1 fully saturated rings. The van der Waals surface area contributed by atoms with Gasteiger partial charge in [-0.1, -0.05) is 24.3 Å². The fourth-order valence-electron chi connectivity index (χ4n) is 2.26. The number of thiocarbonyl (C=S) groups is 1. The lowest BCUT2D eigenvalue weighted by Crippen LogP contribution is -2.33. The lowest BCUT2D eigenvalue weighted by atomic mass is 9.94. The van der Waals surface area contributed by atoms with Crippen molar-refractivity contribution in [3.05, 3.63) is 35.4 Å². The summed E-state index contributed by atoms with van der Waals surface area (Å²) in [6.45, 7) is 4.13. The molecule has 1 aromatic carbocycles. The number of nitrogens with two attached hydrogens (primary N) is 1. The van der Waals surface area contributed by atoms with E-state index in [9.17, 15) is 0 Å². The van der Waals surface area contributed by atoms with Crippen LogP contribution in [-0.4, -0.2) is 23.1 Å². The van der Waals surface area contributed by atoms with Gasteiger partial charge in [0, 0.05) is 19.0 Å². The molecule has 0 unspecified atom stereocenters. The summed E-state index contributed by atoms with van der Waals surface area (Å²) in [7, 11) is 0. The number of hydrogen-bond acceptors (Lipinski definition) is 1. The lowest BCUT2D eigenvalue weighted by Gasteiger charge is -2.16. The zero-order valence-corrected chi connectivity index (χ0v) is 9.76. The highest BCUT2D eigenvalue weighted by Crippen LogP contribution is 2.28. The number of hydrogen-bond donors (Lipinski definition) is 1. The summed E-state index contributed by atoms with van der Waals surface area (Å²) >= 11 is 4.99. The van der Waals surface area contributed by atoms with E-state index in [0.29, 0.717) is 11.0 Å². The minimum Gasteiger partial charge on any atom is -0.376 e. The Morgan fingerprint density at radius 1 is 1.47 bits per heavy atom. The highest BCUT2D eigenvalue weighted by atomic mass is 32.1. The summed E-state index contributed by atoms with van der Waals surface area (Å²) in [5, 5.41) is 0.533. The molecule has 2 rings (SSSR count). The molecular weight excluding hydrogens is 204 g/mol. The van der Waals surface area contributed by atoms with Gasteiger partial charge in [0.25, 0.3) is 0 Å². The molecule has 1 atom stereocenters. The second-order valence-corrected chi connectivity index (χ2v) is 4.54. The molecular formula is C12H16N2S. The van der Waals surface area contributed by atoms with Gasteiger partial charge >= 0.3 is 0 Å². The summed E-state index contributed by atoms with van der Waals surface area (Å²) in [5.41, 5.74) is 8.44. The molecule has 3 heteroatoms. The maximum atomic E-state index is 5.63. The van der Waals surface area contributed by atoms with Crippen molar-refractivity contribution in [1.29, 1.82) is 0 Å². The molecule has 0 spiro atoms. The van der Waals surface area contributed by atoms with Crippen molar-refractivity contribution in [2.24, 2.45) is 5.73 Å². The zero-order valence-electron chi connectivity index (χ0n) is 8.94. The molecule has 0 aromatic heterocycles. The third-order valence-electron chi connectivity index (χ3n) is 3.13. The molecule has 1 aromatic rings. The Balaban J connectivity index is 2.14. The quantitative estimate of drug-likeness (QED) is 0.734. The van der Waals surface area contributed by atoms with Gasteiger partial charge in [0.05, 0.1) is 0 Å². The van der Waals surface area contributed by atoms with E-state index in [4.69, 9.17) is 18.0 Å². The Morgan fingerprint density at radius 3 is 2.80 bits per heavy atom. The molecule has 2 nitrogen and oxygen atoms in total. The first-order valence-electron chi connectivity index (χ1n) is 5.28. The lowest BCUT2D eigenvalue weighted by molar-refractivity contribution is 0.514. The Hall–Kier alpha value is -1.09. The van der Waals surface area contributed by atoms with Gasteiger partial charge in [0.15, 0.2) is 5.11 Å². The van der Waals surface area contributed by atoms with Crippen molar-refractivity contribution in [3.8, 4) is 0 Å². The molecule has 0 aliphatic carbocycles. The van der Waals surface area contributed by atoms with Gasteiger partial charge in [-0.3, -0.25) is 0 Å². The van der Waals surface area contributed by atoms with Crippen LogP contribution in [0.25, 0.3) is 0 Å². The van der Waals surface area contributed by atoms with Crippen LogP contribution in [0.5, 0.6) is 0 Å². The Bertz CT molecular complexity index is 376. The monoisotopic (exact) mass is 220 g/mol.